The Kier molecular flexibility index (Phi) is 7.08. The summed E-state index contributed by atoms with van der Waals surface area (Å²) >= 11 is 12.1. The second-order valence-electron chi connectivity index (χ2n) is 5.89. The summed E-state index contributed by atoms with van der Waals surface area (Å²) < 4.78 is 4.95. The van der Waals surface area contributed by atoms with E-state index in [-0.39, 0.29) is 18.1 Å². The lowest BCUT2D eigenvalue weighted by molar-refractivity contribution is -0.151. The van der Waals surface area contributed by atoms with Crippen LogP contribution in [0.15, 0.2) is 12.1 Å². The van der Waals surface area contributed by atoms with Gasteiger partial charge in [0.15, 0.2) is 6.61 Å². The summed E-state index contributed by atoms with van der Waals surface area (Å²) in [6.07, 6.45) is 3.12. The van der Waals surface area contributed by atoms with Crippen molar-refractivity contribution in [3.05, 3.63) is 27.7 Å². The van der Waals surface area contributed by atoms with Crippen molar-refractivity contribution in [1.29, 1.82) is 0 Å². The maximum atomic E-state index is 12.0. The van der Waals surface area contributed by atoms with Crippen LogP contribution >= 0.6 is 23.2 Å². The largest absolute Gasteiger partial charge is 0.454 e. The second-order valence-corrected chi connectivity index (χ2v) is 6.67. The molecule has 6 nitrogen and oxygen atoms in total. The predicted molar refractivity (Wildman–Crippen MR) is 95.8 cm³/mol. The first-order valence-corrected chi connectivity index (χ1v) is 8.82. The molecule has 0 unspecified atom stereocenters. The van der Waals surface area contributed by atoms with Crippen molar-refractivity contribution in [1.82, 2.24) is 4.90 Å². The number of anilines is 1. The zero-order chi connectivity index (χ0) is 18.4. The van der Waals surface area contributed by atoms with Crippen LogP contribution in [0.1, 0.15) is 31.2 Å². The number of ether oxygens (including phenoxy) is 1. The predicted octanol–water partition coefficient (Wildman–Crippen LogP) is 3.19. The van der Waals surface area contributed by atoms with E-state index in [2.05, 4.69) is 5.32 Å². The van der Waals surface area contributed by atoms with Crippen molar-refractivity contribution in [3.8, 4) is 0 Å². The molecule has 1 fully saturated rings. The lowest BCUT2D eigenvalue weighted by Crippen LogP contribution is -2.36. The van der Waals surface area contributed by atoms with Gasteiger partial charge < -0.3 is 15.0 Å². The zero-order valence-corrected chi connectivity index (χ0v) is 15.5. The standard InChI is InChI=1S/C17H20Cl2N2O4/c1-11-6-7-12(18)17(16(11)19)20-13(22)10-25-15(24)9-21-8-4-2-3-5-14(21)23/h6-7H,2-5,8-10H2,1H3,(H,20,22). The van der Waals surface area contributed by atoms with Gasteiger partial charge in [-0.25, -0.2) is 0 Å². The third-order valence-corrected chi connectivity index (χ3v) is 4.71. The highest BCUT2D eigenvalue weighted by Gasteiger charge is 2.20. The Morgan fingerprint density at radius 1 is 1.24 bits per heavy atom. The molecule has 136 valence electrons. The fourth-order valence-electron chi connectivity index (χ4n) is 2.50. The maximum Gasteiger partial charge on any atom is 0.326 e. The number of carbonyl (C=O) groups excluding carboxylic acids is 3. The van der Waals surface area contributed by atoms with E-state index < -0.39 is 18.5 Å². The van der Waals surface area contributed by atoms with Gasteiger partial charge in [-0.05, 0) is 31.4 Å². The molecular formula is C17H20Cl2N2O4. The van der Waals surface area contributed by atoms with E-state index >= 15 is 0 Å². The number of nitrogens with zero attached hydrogens (tertiary/aromatic N) is 1. The van der Waals surface area contributed by atoms with Crippen molar-refractivity contribution in [2.45, 2.75) is 32.6 Å². The molecule has 0 saturated carbocycles. The third kappa shape index (κ3) is 5.61. The number of hydrogen-bond donors (Lipinski definition) is 1. The molecule has 2 amide bonds. The summed E-state index contributed by atoms with van der Waals surface area (Å²) in [6.45, 7) is 1.71. The lowest BCUT2D eigenvalue weighted by atomic mass is 10.2. The Balaban J connectivity index is 1.84. The minimum atomic E-state index is -0.619. The van der Waals surface area contributed by atoms with Gasteiger partial charge in [-0.1, -0.05) is 35.7 Å². The molecule has 2 rings (SSSR count). The number of amides is 2. The molecule has 1 saturated heterocycles. The molecule has 0 aliphatic carbocycles. The van der Waals surface area contributed by atoms with E-state index in [1.807, 2.05) is 0 Å². The molecule has 0 atom stereocenters. The maximum absolute atomic E-state index is 12.0. The van der Waals surface area contributed by atoms with Crippen molar-refractivity contribution in [2.24, 2.45) is 0 Å². The number of likely N-dealkylation sites (tertiary alicyclic amines) is 1. The van der Waals surface area contributed by atoms with Gasteiger partial charge in [-0.15, -0.1) is 0 Å². The number of esters is 1. The summed E-state index contributed by atoms with van der Waals surface area (Å²) in [4.78, 5) is 37.1. The summed E-state index contributed by atoms with van der Waals surface area (Å²) in [5.41, 5.74) is 1.05. The Morgan fingerprint density at radius 3 is 2.76 bits per heavy atom. The molecule has 1 aromatic carbocycles. The number of rotatable bonds is 5. The zero-order valence-electron chi connectivity index (χ0n) is 13.9. The van der Waals surface area contributed by atoms with Crippen LogP contribution in [0, 0.1) is 6.92 Å². The van der Waals surface area contributed by atoms with Gasteiger partial charge in [-0.3, -0.25) is 14.4 Å². The van der Waals surface area contributed by atoms with E-state index in [4.69, 9.17) is 27.9 Å². The average molecular weight is 387 g/mol. The van der Waals surface area contributed by atoms with Gasteiger partial charge in [0.25, 0.3) is 5.91 Å². The van der Waals surface area contributed by atoms with E-state index in [0.29, 0.717) is 23.0 Å². The van der Waals surface area contributed by atoms with Crippen LogP contribution in [0.2, 0.25) is 10.0 Å². The van der Waals surface area contributed by atoms with Crippen LogP contribution in [-0.4, -0.2) is 42.4 Å². The molecule has 0 radical (unpaired) electrons. The van der Waals surface area contributed by atoms with Gasteiger partial charge >= 0.3 is 5.97 Å². The smallest absolute Gasteiger partial charge is 0.326 e. The SMILES string of the molecule is Cc1ccc(Cl)c(NC(=O)COC(=O)CN2CCCCCC2=O)c1Cl. The van der Waals surface area contributed by atoms with Crippen molar-refractivity contribution in [3.63, 3.8) is 0 Å². The molecule has 25 heavy (non-hydrogen) atoms. The van der Waals surface area contributed by atoms with E-state index in [1.54, 1.807) is 19.1 Å². The second kappa shape index (κ2) is 9.06. The number of carbonyl (C=O) groups is 3. The van der Waals surface area contributed by atoms with Gasteiger partial charge in [0.05, 0.1) is 15.7 Å². The number of halogens is 2. The Hall–Kier alpha value is -1.79. The van der Waals surface area contributed by atoms with Gasteiger partial charge in [-0.2, -0.15) is 0 Å². The first-order valence-electron chi connectivity index (χ1n) is 8.06. The molecule has 1 N–H and O–H groups in total. The topological polar surface area (TPSA) is 75.7 Å². The van der Waals surface area contributed by atoms with Crippen molar-refractivity contribution < 1.29 is 19.1 Å². The minimum Gasteiger partial charge on any atom is -0.454 e. The molecule has 0 spiro atoms. The quantitative estimate of drug-likeness (QED) is 0.788. The van der Waals surface area contributed by atoms with Gasteiger partial charge in [0.2, 0.25) is 5.91 Å². The highest BCUT2D eigenvalue weighted by molar-refractivity contribution is 6.40. The molecule has 1 heterocycles. The number of aryl methyl sites for hydroxylation is 1. The van der Waals surface area contributed by atoms with Crippen molar-refractivity contribution >= 4 is 46.7 Å². The van der Waals surface area contributed by atoms with E-state index in [0.717, 1.165) is 24.8 Å². The fraction of sp³-hybridized carbons (Fsp3) is 0.471. The summed E-state index contributed by atoms with van der Waals surface area (Å²) in [7, 11) is 0. The molecule has 8 heteroatoms. The third-order valence-electron chi connectivity index (χ3n) is 3.90. The van der Waals surface area contributed by atoms with Crippen molar-refractivity contribution in [2.75, 3.05) is 25.0 Å². The van der Waals surface area contributed by atoms with Crippen LogP contribution in [-0.2, 0) is 19.1 Å². The molecule has 1 aliphatic rings. The number of nitrogens with one attached hydrogen (secondary N) is 1. The molecule has 1 aliphatic heterocycles. The summed E-state index contributed by atoms with van der Waals surface area (Å²) in [5, 5.41) is 3.17. The Bertz CT molecular complexity index is 679. The highest BCUT2D eigenvalue weighted by atomic mass is 35.5. The average Bonchev–Trinajstić information content (AvgIpc) is 2.78. The number of hydrogen-bond acceptors (Lipinski definition) is 4. The van der Waals surface area contributed by atoms with Gasteiger partial charge in [0.1, 0.15) is 6.54 Å². The number of benzene rings is 1. The van der Waals surface area contributed by atoms with Gasteiger partial charge in [0, 0.05) is 13.0 Å². The molecule has 1 aromatic rings. The van der Waals surface area contributed by atoms with Crippen LogP contribution in [0.4, 0.5) is 5.69 Å². The Labute approximate surface area is 156 Å². The highest BCUT2D eigenvalue weighted by Crippen LogP contribution is 2.32. The van der Waals surface area contributed by atoms with Crippen LogP contribution in [0.5, 0.6) is 0 Å². The first kappa shape index (κ1) is 19.5. The Morgan fingerprint density at radius 2 is 2.00 bits per heavy atom. The monoisotopic (exact) mass is 386 g/mol. The lowest BCUT2D eigenvalue weighted by Gasteiger charge is -2.19. The fourth-order valence-corrected chi connectivity index (χ4v) is 2.97. The minimum absolute atomic E-state index is 0.0581. The van der Waals surface area contributed by atoms with E-state index in [9.17, 15) is 14.4 Å². The summed E-state index contributed by atoms with van der Waals surface area (Å²) in [5.74, 6) is -1.23. The summed E-state index contributed by atoms with van der Waals surface area (Å²) in [6, 6.07) is 3.36. The molecule has 0 aromatic heterocycles. The van der Waals surface area contributed by atoms with E-state index in [1.165, 1.54) is 4.90 Å². The first-order chi connectivity index (χ1) is 11.9. The van der Waals surface area contributed by atoms with Crippen LogP contribution in [0.25, 0.3) is 0 Å². The van der Waals surface area contributed by atoms with Crippen LogP contribution < -0.4 is 5.32 Å². The van der Waals surface area contributed by atoms with Crippen LogP contribution in [0.3, 0.4) is 0 Å². The molecular weight excluding hydrogens is 367 g/mol. The normalized spacial score (nSPS) is 14.8. The molecule has 0 bridgehead atoms.